The molecule has 2 nitrogen and oxygen atoms in total. The molecule has 1 aromatic heterocycles. The zero-order valence-corrected chi connectivity index (χ0v) is 5.86. The van der Waals surface area contributed by atoms with E-state index in [0.717, 1.165) is 10.9 Å². The monoisotopic (exact) mass is 153 g/mol. The summed E-state index contributed by atoms with van der Waals surface area (Å²) in [6, 6.07) is 8.90. The Morgan fingerprint density at radius 1 is 1.17 bits per heavy atom. The van der Waals surface area contributed by atoms with Gasteiger partial charge in [-0.1, -0.05) is 6.07 Å². The number of benzene rings is 1. The molecule has 0 amide bonds. The van der Waals surface area contributed by atoms with Crippen molar-refractivity contribution in [2.24, 2.45) is 0 Å². The average molecular weight is 153 g/mol. The van der Waals surface area contributed by atoms with Crippen LogP contribution in [-0.4, -0.2) is 29.0 Å². The van der Waals surface area contributed by atoms with Crippen LogP contribution in [0, 0.1) is 0 Å². The van der Waals surface area contributed by atoms with Gasteiger partial charge in [-0.05, 0) is 24.3 Å². The summed E-state index contributed by atoms with van der Waals surface area (Å²) in [5.41, 5.74) is 0.908. The predicted octanol–water partition coefficient (Wildman–Crippen LogP) is 1.29. The van der Waals surface area contributed by atoms with E-state index in [0.29, 0.717) is 0 Å². The van der Waals surface area contributed by atoms with Crippen molar-refractivity contribution < 1.29 is 5.11 Å². The second kappa shape index (κ2) is 3.62. The molecule has 0 unspecified atom stereocenters. The number of fused-ring (bicyclic) bond motifs is 1. The number of aromatic nitrogens is 1. The van der Waals surface area contributed by atoms with Gasteiger partial charge < -0.3 is 5.11 Å². The van der Waals surface area contributed by atoms with Crippen LogP contribution in [-0.2, 0) is 0 Å². The van der Waals surface area contributed by atoms with E-state index in [9.17, 15) is 0 Å². The molecule has 0 aliphatic rings. The maximum atomic E-state index is 9.10. The Bertz CT molecular complexity index is 389. The van der Waals surface area contributed by atoms with Crippen LogP contribution in [0.25, 0.3) is 10.9 Å². The van der Waals surface area contributed by atoms with Crippen LogP contribution >= 0.6 is 0 Å². The summed E-state index contributed by atoms with van der Waals surface area (Å²) in [6.07, 6.45) is 1.74. The number of phenols is 1. The summed E-state index contributed by atoms with van der Waals surface area (Å²) in [7, 11) is 0. The van der Waals surface area contributed by atoms with E-state index in [1.54, 1.807) is 24.4 Å². The van der Waals surface area contributed by atoms with Crippen LogP contribution in [0.5, 0.6) is 5.75 Å². The van der Waals surface area contributed by atoms with Gasteiger partial charge in [0.1, 0.15) is 5.75 Å². The molecule has 1 aromatic carbocycles. The maximum absolute atomic E-state index is 9.10. The van der Waals surface area contributed by atoms with E-state index < -0.39 is 0 Å². The third-order valence-electron chi connectivity index (χ3n) is 1.59. The Morgan fingerprint density at radius 2 is 2.00 bits per heavy atom. The Hall–Kier alpha value is -0.973. The third kappa shape index (κ3) is 1.61. The van der Waals surface area contributed by atoms with E-state index in [4.69, 9.17) is 5.11 Å². The van der Waals surface area contributed by atoms with Gasteiger partial charge >= 0.3 is 18.9 Å². The Balaban J connectivity index is 0.000000720. The quantitative estimate of drug-likeness (QED) is 0.578. The Kier molecular flexibility index (Phi) is 2.75. The van der Waals surface area contributed by atoms with Crippen molar-refractivity contribution in [1.29, 1.82) is 0 Å². The summed E-state index contributed by atoms with van der Waals surface area (Å²) < 4.78 is 0. The normalized spacial score (nSPS) is 9.33. The van der Waals surface area contributed by atoms with Crippen LogP contribution in [0.2, 0.25) is 0 Å². The molecule has 0 atom stereocenters. The fourth-order valence-electron chi connectivity index (χ4n) is 1.06. The van der Waals surface area contributed by atoms with Crippen molar-refractivity contribution in [3.05, 3.63) is 36.5 Å². The molecule has 0 saturated heterocycles. The van der Waals surface area contributed by atoms with Gasteiger partial charge in [0, 0.05) is 11.6 Å². The molecule has 0 spiro atoms. The van der Waals surface area contributed by atoms with Gasteiger partial charge in [-0.15, -0.1) is 0 Å². The molecule has 0 fully saturated rings. The van der Waals surface area contributed by atoms with Gasteiger partial charge in [-0.2, -0.15) is 0 Å². The molecule has 2 rings (SSSR count). The van der Waals surface area contributed by atoms with Crippen LogP contribution in [0.3, 0.4) is 0 Å². The van der Waals surface area contributed by atoms with Crippen molar-refractivity contribution >= 4 is 29.8 Å². The number of phenolic OH excluding ortho intramolecular Hbond substituents is 1. The Labute approximate surface area is 82.4 Å². The second-order valence-corrected chi connectivity index (χ2v) is 2.38. The number of hydrogen-bond acceptors (Lipinski definition) is 2. The number of pyridine rings is 1. The minimum absolute atomic E-state index is 0. The number of nitrogens with zero attached hydrogens (tertiary/aromatic N) is 1. The molecule has 0 bridgehead atoms. The molecular formula is C9H8LiNO. The molecule has 0 saturated carbocycles. The minimum atomic E-state index is 0. The molecule has 12 heavy (non-hydrogen) atoms. The Morgan fingerprint density at radius 3 is 2.83 bits per heavy atom. The first-order valence-corrected chi connectivity index (χ1v) is 3.40. The van der Waals surface area contributed by atoms with Crippen LogP contribution in [0.1, 0.15) is 0 Å². The predicted molar refractivity (Wildman–Crippen MR) is 50.6 cm³/mol. The van der Waals surface area contributed by atoms with E-state index in [1.165, 1.54) is 0 Å². The first-order valence-electron chi connectivity index (χ1n) is 3.40. The fraction of sp³-hybridized carbons (Fsp3) is 0. The van der Waals surface area contributed by atoms with Gasteiger partial charge in [-0.25, -0.2) is 0 Å². The summed E-state index contributed by atoms with van der Waals surface area (Å²) in [5.74, 6) is 0.283. The zero-order valence-electron chi connectivity index (χ0n) is 5.86. The van der Waals surface area contributed by atoms with Gasteiger partial charge in [0.2, 0.25) is 0 Å². The fourth-order valence-corrected chi connectivity index (χ4v) is 1.06. The topological polar surface area (TPSA) is 33.1 Å². The molecule has 2 aromatic rings. The first-order chi connectivity index (χ1) is 5.36. The van der Waals surface area contributed by atoms with Crippen LogP contribution in [0.4, 0.5) is 0 Å². The van der Waals surface area contributed by atoms with E-state index >= 15 is 0 Å². The van der Waals surface area contributed by atoms with E-state index in [2.05, 4.69) is 4.98 Å². The summed E-state index contributed by atoms with van der Waals surface area (Å²) in [5, 5.41) is 10.1. The second-order valence-electron chi connectivity index (χ2n) is 2.38. The molecular weight excluding hydrogens is 145 g/mol. The third-order valence-corrected chi connectivity index (χ3v) is 1.59. The van der Waals surface area contributed by atoms with Crippen molar-refractivity contribution in [1.82, 2.24) is 4.98 Å². The molecule has 1 heterocycles. The van der Waals surface area contributed by atoms with E-state index in [1.807, 2.05) is 12.1 Å². The molecule has 56 valence electrons. The number of aromatic hydroxyl groups is 1. The zero-order chi connectivity index (χ0) is 7.68. The molecule has 0 aliphatic carbocycles. The summed E-state index contributed by atoms with van der Waals surface area (Å²) in [6.45, 7) is 0. The van der Waals surface area contributed by atoms with Gasteiger partial charge in [-0.3, -0.25) is 4.98 Å². The van der Waals surface area contributed by atoms with Crippen molar-refractivity contribution in [3.63, 3.8) is 0 Å². The van der Waals surface area contributed by atoms with Crippen molar-refractivity contribution in [2.75, 3.05) is 0 Å². The summed E-state index contributed by atoms with van der Waals surface area (Å²) >= 11 is 0. The SMILES string of the molecule is Oc1ccc2ncccc2c1.[LiH]. The molecule has 0 radical (unpaired) electrons. The molecule has 1 N–H and O–H groups in total. The van der Waals surface area contributed by atoms with Crippen molar-refractivity contribution in [3.8, 4) is 5.75 Å². The first kappa shape index (κ1) is 9.12. The molecule has 3 heteroatoms. The van der Waals surface area contributed by atoms with E-state index in [-0.39, 0.29) is 24.6 Å². The van der Waals surface area contributed by atoms with Gasteiger partial charge in [0.25, 0.3) is 0 Å². The average Bonchev–Trinajstić information content (AvgIpc) is 2.04. The molecule has 0 aliphatic heterocycles. The van der Waals surface area contributed by atoms with Gasteiger partial charge in [0.05, 0.1) is 5.52 Å². The van der Waals surface area contributed by atoms with Gasteiger partial charge in [0.15, 0.2) is 0 Å². The van der Waals surface area contributed by atoms with Crippen LogP contribution < -0.4 is 0 Å². The standard InChI is InChI=1S/C9H7NO.Li.H/c11-8-3-4-9-7(6-8)2-1-5-10-9;;/h1-6,11H;;. The van der Waals surface area contributed by atoms with Crippen LogP contribution in [0.15, 0.2) is 36.5 Å². The number of rotatable bonds is 0. The summed E-state index contributed by atoms with van der Waals surface area (Å²) in [4.78, 5) is 4.11. The number of hydrogen-bond donors (Lipinski definition) is 1. The van der Waals surface area contributed by atoms with Crippen molar-refractivity contribution in [2.45, 2.75) is 0 Å².